The molecule has 1 spiro atoms. The van der Waals surface area contributed by atoms with E-state index in [1.807, 2.05) is 22.6 Å². The van der Waals surface area contributed by atoms with Crippen LogP contribution in [-0.4, -0.2) is 45.4 Å². The summed E-state index contributed by atoms with van der Waals surface area (Å²) in [6.07, 6.45) is 5.31. The van der Waals surface area contributed by atoms with Crippen LogP contribution in [0.3, 0.4) is 0 Å². The summed E-state index contributed by atoms with van der Waals surface area (Å²) in [5, 5.41) is 6.35. The number of amides is 1. The Labute approximate surface area is 207 Å². The SMILES string of the molecule is CN1Cc2nc(Nc3ccc(-c4cnc5cc(F)ccn45)c4c3C(=O)NC4)ccc2C12CCOCC2. The molecule has 1 fully saturated rings. The number of anilines is 2. The predicted molar refractivity (Wildman–Crippen MR) is 132 cm³/mol. The van der Waals surface area contributed by atoms with Crippen LogP contribution >= 0.6 is 0 Å². The number of halogens is 1. The van der Waals surface area contributed by atoms with Gasteiger partial charge in [-0.1, -0.05) is 12.1 Å². The number of carbonyl (C=O) groups excluding carboxylic acids is 1. The fourth-order valence-corrected chi connectivity index (χ4v) is 6.04. The zero-order valence-electron chi connectivity index (χ0n) is 19.8. The van der Waals surface area contributed by atoms with E-state index >= 15 is 0 Å². The molecule has 0 aliphatic carbocycles. The fourth-order valence-electron chi connectivity index (χ4n) is 6.04. The van der Waals surface area contributed by atoms with E-state index in [0.717, 1.165) is 55.1 Å². The Morgan fingerprint density at radius 3 is 2.89 bits per heavy atom. The summed E-state index contributed by atoms with van der Waals surface area (Å²) in [6, 6.07) is 10.9. The van der Waals surface area contributed by atoms with E-state index in [9.17, 15) is 9.18 Å². The van der Waals surface area contributed by atoms with Gasteiger partial charge in [0.15, 0.2) is 0 Å². The Balaban J connectivity index is 1.26. The lowest BCUT2D eigenvalue weighted by molar-refractivity contribution is -0.0132. The van der Waals surface area contributed by atoms with Crippen LogP contribution in [0.2, 0.25) is 0 Å². The molecule has 0 radical (unpaired) electrons. The van der Waals surface area contributed by atoms with Crippen molar-refractivity contribution in [1.29, 1.82) is 0 Å². The van der Waals surface area contributed by atoms with Gasteiger partial charge in [-0.2, -0.15) is 0 Å². The van der Waals surface area contributed by atoms with Gasteiger partial charge in [0.2, 0.25) is 0 Å². The molecule has 4 aromatic rings. The molecule has 2 N–H and O–H groups in total. The highest BCUT2D eigenvalue weighted by atomic mass is 19.1. The van der Waals surface area contributed by atoms with Crippen LogP contribution in [0.25, 0.3) is 16.9 Å². The number of imidazole rings is 1. The normalized spacial score (nSPS) is 18.4. The maximum absolute atomic E-state index is 13.7. The van der Waals surface area contributed by atoms with Crippen LogP contribution in [0.1, 0.15) is 40.0 Å². The largest absolute Gasteiger partial charge is 0.381 e. The second-order valence-corrected chi connectivity index (χ2v) is 9.73. The minimum atomic E-state index is -0.336. The smallest absolute Gasteiger partial charge is 0.254 e. The third kappa shape index (κ3) is 3.09. The second kappa shape index (κ2) is 7.84. The lowest BCUT2D eigenvalue weighted by Crippen LogP contribution is -2.43. The van der Waals surface area contributed by atoms with Gasteiger partial charge in [-0.05, 0) is 49.2 Å². The van der Waals surface area contributed by atoms with Gasteiger partial charge >= 0.3 is 0 Å². The van der Waals surface area contributed by atoms with Gasteiger partial charge in [0, 0.05) is 44.1 Å². The first-order chi connectivity index (χ1) is 17.5. The number of nitrogens with one attached hydrogen (secondary N) is 2. The average molecular weight is 485 g/mol. The first-order valence-electron chi connectivity index (χ1n) is 12.2. The number of aromatic nitrogens is 3. The molecule has 1 aromatic carbocycles. The van der Waals surface area contributed by atoms with Crippen LogP contribution in [0.4, 0.5) is 15.9 Å². The van der Waals surface area contributed by atoms with Crippen LogP contribution in [0, 0.1) is 5.82 Å². The number of carbonyl (C=O) groups is 1. The number of hydrogen-bond donors (Lipinski definition) is 2. The molecule has 7 rings (SSSR count). The van der Waals surface area contributed by atoms with Crippen molar-refractivity contribution in [3.63, 3.8) is 0 Å². The minimum absolute atomic E-state index is 0.00116. The maximum atomic E-state index is 13.7. The Kier molecular flexibility index (Phi) is 4.67. The molecule has 182 valence electrons. The highest BCUT2D eigenvalue weighted by Crippen LogP contribution is 2.45. The number of pyridine rings is 2. The van der Waals surface area contributed by atoms with E-state index in [0.29, 0.717) is 29.3 Å². The van der Waals surface area contributed by atoms with E-state index in [4.69, 9.17) is 9.72 Å². The Hall–Kier alpha value is -3.82. The average Bonchev–Trinajstić information content (AvgIpc) is 3.55. The number of fused-ring (bicyclic) bond motifs is 4. The predicted octanol–water partition coefficient (Wildman–Crippen LogP) is 3.97. The van der Waals surface area contributed by atoms with Crippen molar-refractivity contribution in [2.24, 2.45) is 0 Å². The summed E-state index contributed by atoms with van der Waals surface area (Å²) in [5.41, 5.74) is 6.77. The van der Waals surface area contributed by atoms with Crippen molar-refractivity contribution in [2.75, 3.05) is 25.6 Å². The number of rotatable bonds is 3. The van der Waals surface area contributed by atoms with E-state index < -0.39 is 0 Å². The van der Waals surface area contributed by atoms with Crippen LogP contribution < -0.4 is 10.6 Å². The molecule has 0 bridgehead atoms. The summed E-state index contributed by atoms with van der Waals surface area (Å²) in [5.74, 6) is 0.250. The van der Waals surface area contributed by atoms with Crippen molar-refractivity contribution in [3.8, 4) is 11.3 Å². The maximum Gasteiger partial charge on any atom is 0.254 e. The molecule has 3 aliphatic rings. The minimum Gasteiger partial charge on any atom is -0.381 e. The summed E-state index contributed by atoms with van der Waals surface area (Å²) < 4.78 is 21.1. The van der Waals surface area contributed by atoms with Crippen molar-refractivity contribution in [2.45, 2.75) is 31.5 Å². The third-order valence-corrected chi connectivity index (χ3v) is 7.89. The highest BCUT2D eigenvalue weighted by Gasteiger charge is 2.45. The molecule has 8 nitrogen and oxygen atoms in total. The Morgan fingerprint density at radius 1 is 1.17 bits per heavy atom. The monoisotopic (exact) mass is 484 g/mol. The number of benzene rings is 1. The summed E-state index contributed by atoms with van der Waals surface area (Å²) in [7, 11) is 2.16. The first kappa shape index (κ1) is 21.5. The van der Waals surface area contributed by atoms with E-state index in [1.54, 1.807) is 12.4 Å². The van der Waals surface area contributed by atoms with Gasteiger partial charge in [0.05, 0.1) is 34.4 Å². The van der Waals surface area contributed by atoms with E-state index in [2.05, 4.69) is 33.6 Å². The lowest BCUT2D eigenvalue weighted by atomic mass is 9.84. The molecule has 9 heteroatoms. The van der Waals surface area contributed by atoms with Crippen LogP contribution in [0.15, 0.2) is 48.8 Å². The molecule has 0 saturated carbocycles. The molecule has 1 saturated heterocycles. The zero-order chi connectivity index (χ0) is 24.4. The molecule has 36 heavy (non-hydrogen) atoms. The zero-order valence-corrected chi connectivity index (χ0v) is 19.8. The molecular weight excluding hydrogens is 459 g/mol. The van der Waals surface area contributed by atoms with E-state index in [-0.39, 0.29) is 17.3 Å². The number of hydrogen-bond acceptors (Lipinski definition) is 6. The van der Waals surface area contributed by atoms with Gasteiger partial charge in [-0.25, -0.2) is 14.4 Å². The van der Waals surface area contributed by atoms with Crippen molar-refractivity contribution in [1.82, 2.24) is 24.6 Å². The molecule has 0 atom stereocenters. The van der Waals surface area contributed by atoms with Crippen LogP contribution in [-0.2, 0) is 23.4 Å². The molecule has 3 aliphatic heterocycles. The lowest BCUT2D eigenvalue weighted by Gasteiger charge is -2.40. The van der Waals surface area contributed by atoms with Crippen LogP contribution in [0.5, 0.6) is 0 Å². The Morgan fingerprint density at radius 2 is 2.03 bits per heavy atom. The molecular formula is C27H25FN6O2. The summed E-state index contributed by atoms with van der Waals surface area (Å²) in [4.78, 5) is 24.6. The van der Waals surface area contributed by atoms with Gasteiger partial charge in [0.25, 0.3) is 5.91 Å². The van der Waals surface area contributed by atoms with Gasteiger partial charge in [0.1, 0.15) is 17.3 Å². The van der Waals surface area contributed by atoms with Crippen molar-refractivity contribution < 1.29 is 13.9 Å². The van der Waals surface area contributed by atoms with Crippen molar-refractivity contribution >= 4 is 23.1 Å². The summed E-state index contributed by atoms with van der Waals surface area (Å²) >= 11 is 0. The van der Waals surface area contributed by atoms with E-state index in [1.165, 1.54) is 17.7 Å². The van der Waals surface area contributed by atoms with Crippen molar-refractivity contribution in [3.05, 3.63) is 77.0 Å². The molecule has 6 heterocycles. The first-order valence-corrected chi connectivity index (χ1v) is 12.2. The Bertz CT molecular complexity index is 1540. The third-order valence-electron chi connectivity index (χ3n) is 7.89. The number of nitrogens with zero attached hydrogens (tertiary/aromatic N) is 4. The fraction of sp³-hybridized carbons (Fsp3) is 0.296. The second-order valence-electron chi connectivity index (χ2n) is 9.73. The number of ether oxygens (including phenoxy) is 1. The van der Waals surface area contributed by atoms with Gasteiger partial charge in [-0.3, -0.25) is 14.1 Å². The molecule has 0 unspecified atom stereocenters. The molecule has 3 aromatic heterocycles. The quantitative estimate of drug-likeness (QED) is 0.458. The van der Waals surface area contributed by atoms with Gasteiger partial charge < -0.3 is 15.4 Å². The van der Waals surface area contributed by atoms with Gasteiger partial charge in [-0.15, -0.1) is 0 Å². The summed E-state index contributed by atoms with van der Waals surface area (Å²) in [6.45, 7) is 2.73. The topological polar surface area (TPSA) is 83.8 Å². The standard InChI is InChI=1S/C27H25FN6O2/c1-33-15-21-19(27(33)7-10-36-11-8-27)3-5-23(32-21)31-20-4-2-17(18-13-30-26(35)25(18)20)22-14-29-24-12-16(28)6-9-34(22)24/h2-6,9,12,14H,7-8,10-11,13,15H2,1H3,(H,30,35)(H,31,32). The molecule has 1 amide bonds. The highest BCUT2D eigenvalue weighted by molar-refractivity contribution is 6.06.